The summed E-state index contributed by atoms with van der Waals surface area (Å²) in [6.45, 7) is 14.0. The zero-order chi connectivity index (χ0) is 10.8. The van der Waals surface area contributed by atoms with Crippen molar-refractivity contribution in [3.8, 4) is 0 Å². The van der Waals surface area contributed by atoms with Crippen molar-refractivity contribution in [2.45, 2.75) is 0 Å². The Morgan fingerprint density at radius 3 is 1.00 bits per heavy atom. The molecule has 0 fully saturated rings. The summed E-state index contributed by atoms with van der Waals surface area (Å²) >= 11 is 0. The fraction of sp³-hybridized carbons (Fsp3) is 0. The fourth-order valence-electron chi connectivity index (χ4n) is 0. The van der Waals surface area contributed by atoms with Crippen LogP contribution in [-0.4, -0.2) is 23.2 Å². The van der Waals surface area contributed by atoms with E-state index in [4.69, 9.17) is 19.8 Å². The molecule has 0 aliphatic carbocycles. The van der Waals surface area contributed by atoms with Crippen LogP contribution in [0.1, 0.15) is 0 Å². The summed E-state index contributed by atoms with van der Waals surface area (Å²) in [4.78, 5) is 16.5. The maximum atomic E-state index is 8.24. The van der Waals surface area contributed by atoms with Crippen LogP contribution in [0.3, 0.4) is 0 Å². The number of hydrogen-bond acceptors (Lipinski definition) is 2. The van der Waals surface area contributed by atoms with E-state index < -0.39 is 0 Å². The van der Waals surface area contributed by atoms with E-state index in [1.54, 1.807) is 0 Å². The molecule has 0 radical (unpaired) electrons. The van der Waals surface area contributed by atoms with Gasteiger partial charge in [-0.15, -0.1) is 0 Å². The normalized spacial score (nSPS) is 3.69. The molecule has 0 aromatic heterocycles. The van der Waals surface area contributed by atoms with Gasteiger partial charge in [-0.05, 0) is 0 Å². The van der Waals surface area contributed by atoms with Crippen molar-refractivity contribution in [3.05, 3.63) is 39.2 Å². The Labute approximate surface area is 91.7 Å². The number of allylic oxidation sites excluding steroid dienone is 2. The summed E-state index contributed by atoms with van der Waals surface area (Å²) in [6, 6.07) is 0. The molecule has 0 bridgehead atoms. The quantitative estimate of drug-likeness (QED) is 0.491. The van der Waals surface area contributed by atoms with Crippen LogP contribution in [0.15, 0.2) is 25.3 Å². The van der Waals surface area contributed by atoms with Crippen LogP contribution in [0.4, 0.5) is 0 Å². The van der Waals surface area contributed by atoms with Crippen LogP contribution in [0.2, 0.25) is 0 Å². The van der Waals surface area contributed by atoms with Crippen LogP contribution in [-0.2, 0) is 29.1 Å². The smallest absolute Gasteiger partial charge is 0.665 e. The summed E-state index contributed by atoms with van der Waals surface area (Å²) in [5.41, 5.74) is 0. The molecular weight excluding hydrogens is 225 g/mol. The zero-order valence-corrected chi connectivity index (χ0v) is 10.4. The molecule has 5 heteroatoms. The second-order valence-corrected chi connectivity index (χ2v) is 0.760. The largest absolute Gasteiger partial charge is 2.00 e. The average molecular weight is 238 g/mol. The molecule has 0 aromatic carbocycles. The first-order valence-corrected chi connectivity index (χ1v) is 2.49. The Balaban J connectivity index is -0.0000000213. The van der Waals surface area contributed by atoms with Gasteiger partial charge in [-0.2, -0.15) is 0 Å². The van der Waals surface area contributed by atoms with Crippen molar-refractivity contribution >= 4 is 12.9 Å². The van der Waals surface area contributed by atoms with Crippen molar-refractivity contribution in [1.82, 2.24) is 0 Å². The van der Waals surface area contributed by atoms with Crippen LogP contribution in [0, 0.1) is 13.8 Å². The summed E-state index contributed by atoms with van der Waals surface area (Å²) in [5.74, 6) is 0. The topological polar surface area (TPSA) is 74.6 Å². The molecule has 0 amide bonds. The van der Waals surface area contributed by atoms with E-state index in [0.29, 0.717) is 12.9 Å². The predicted molar refractivity (Wildman–Crippen MR) is 47.8 cm³/mol. The maximum Gasteiger partial charge on any atom is 2.00 e. The maximum absolute atomic E-state index is 8.24. The Bertz CT molecular complexity index is 70.1. The number of rotatable bonds is 0. The molecule has 0 aliphatic rings. The Hall–Kier alpha value is -1.22. The third-order valence-corrected chi connectivity index (χ3v) is 0. The van der Waals surface area contributed by atoms with E-state index in [0.717, 1.165) is 0 Å². The van der Waals surface area contributed by atoms with E-state index in [-0.39, 0.29) is 19.5 Å². The molecule has 13 heavy (non-hydrogen) atoms. The minimum absolute atomic E-state index is 0. The molecule has 0 rings (SSSR count). The van der Waals surface area contributed by atoms with E-state index in [1.807, 2.05) is 0 Å². The Morgan fingerprint density at radius 1 is 1.00 bits per heavy atom. The molecule has 2 N–H and O–H groups in total. The van der Waals surface area contributed by atoms with E-state index >= 15 is 0 Å². The second-order valence-electron chi connectivity index (χ2n) is 0.760. The molecule has 0 saturated carbocycles. The summed E-state index contributed by atoms with van der Waals surface area (Å²) in [6.07, 6.45) is 3.00. The van der Waals surface area contributed by atoms with E-state index in [9.17, 15) is 0 Å². The van der Waals surface area contributed by atoms with Crippen molar-refractivity contribution in [1.29, 1.82) is 0 Å². The van der Waals surface area contributed by atoms with Gasteiger partial charge in [-0.3, -0.25) is 0 Å². The van der Waals surface area contributed by atoms with E-state index in [2.05, 4.69) is 27.0 Å². The third kappa shape index (κ3) is 562. The molecule has 0 saturated heterocycles. The van der Waals surface area contributed by atoms with Gasteiger partial charge in [0.1, 0.15) is 0 Å². The number of aliphatic hydroxyl groups excluding tert-OH is 2. The van der Waals surface area contributed by atoms with Crippen LogP contribution >= 0.6 is 0 Å². The molecule has 0 heterocycles. The van der Waals surface area contributed by atoms with Crippen LogP contribution in [0.5, 0.6) is 0 Å². The van der Waals surface area contributed by atoms with Gasteiger partial charge < -0.3 is 19.8 Å². The third-order valence-electron chi connectivity index (χ3n) is 0. The van der Waals surface area contributed by atoms with Crippen molar-refractivity contribution < 1.29 is 39.3 Å². The van der Waals surface area contributed by atoms with Gasteiger partial charge in [-0.25, -0.2) is 39.2 Å². The SMILES string of the molecule is C=C[CH2-].C=C[CH2-].O=[C-]O.O=[C-]O.[Zn+2]. The fourth-order valence-corrected chi connectivity index (χ4v) is 0. The van der Waals surface area contributed by atoms with Crippen LogP contribution in [0.25, 0.3) is 0 Å². The molecule has 72 valence electrons. The predicted octanol–water partition coefficient (Wildman–Crippen LogP) is 1.23. The molecule has 0 aromatic rings. The minimum atomic E-state index is 0. The molecular formula is C8H12O4Zn-2. The van der Waals surface area contributed by atoms with Gasteiger partial charge in [0, 0.05) is 0 Å². The number of hydrogen-bond donors (Lipinski definition) is 2. The first-order chi connectivity index (χ1) is 5.66. The Kier molecular flexibility index (Phi) is 305. The van der Waals surface area contributed by atoms with Gasteiger partial charge in [0.15, 0.2) is 0 Å². The summed E-state index contributed by atoms with van der Waals surface area (Å²) in [5, 5.41) is 13.5. The summed E-state index contributed by atoms with van der Waals surface area (Å²) < 4.78 is 0. The van der Waals surface area contributed by atoms with Crippen molar-refractivity contribution in [2.24, 2.45) is 0 Å². The van der Waals surface area contributed by atoms with Gasteiger partial charge in [0.25, 0.3) is 0 Å². The van der Waals surface area contributed by atoms with Gasteiger partial charge in [0.05, 0.1) is 0 Å². The second kappa shape index (κ2) is 133. The van der Waals surface area contributed by atoms with Crippen LogP contribution < -0.4 is 0 Å². The van der Waals surface area contributed by atoms with Crippen molar-refractivity contribution in [2.75, 3.05) is 0 Å². The molecule has 0 unspecified atom stereocenters. The van der Waals surface area contributed by atoms with E-state index in [1.165, 1.54) is 12.2 Å². The first kappa shape index (κ1) is 29.8. The summed E-state index contributed by atoms with van der Waals surface area (Å²) in [7, 11) is 0. The van der Waals surface area contributed by atoms with Gasteiger partial charge >= 0.3 is 19.5 Å². The average Bonchev–Trinajstić information content (AvgIpc) is 1.92. The molecule has 0 aliphatic heterocycles. The first-order valence-electron chi connectivity index (χ1n) is 2.49. The Morgan fingerprint density at radius 2 is 1.00 bits per heavy atom. The minimum Gasteiger partial charge on any atom is -0.665 e. The monoisotopic (exact) mass is 236 g/mol. The van der Waals surface area contributed by atoms with Gasteiger partial charge in [-0.1, -0.05) is 12.9 Å². The molecule has 0 atom stereocenters. The standard InChI is InChI=1S/2C3H5.2CHO2.Zn/c2*1-3-2;2*2-1-3;/h2*3H,1-2H2;2*(H,2,3);/q4*-1;+2. The van der Waals surface area contributed by atoms with Crippen molar-refractivity contribution in [3.63, 3.8) is 0 Å². The van der Waals surface area contributed by atoms with Gasteiger partial charge in [0.2, 0.25) is 0 Å². The molecule has 4 nitrogen and oxygen atoms in total. The zero-order valence-electron chi connectivity index (χ0n) is 7.40. The molecule has 0 spiro atoms.